The lowest BCUT2D eigenvalue weighted by Crippen LogP contribution is -2.39. The predicted octanol–water partition coefficient (Wildman–Crippen LogP) is 4.87. The summed E-state index contributed by atoms with van der Waals surface area (Å²) in [5.41, 5.74) is 7.47. The van der Waals surface area contributed by atoms with E-state index in [9.17, 15) is 18.0 Å². The number of carbonyl (C=O) groups is 1. The van der Waals surface area contributed by atoms with Gasteiger partial charge in [0.1, 0.15) is 5.82 Å². The Morgan fingerprint density at radius 2 is 2.03 bits per heavy atom. The maximum Gasteiger partial charge on any atom is 0.415 e. The van der Waals surface area contributed by atoms with Crippen molar-refractivity contribution in [2.45, 2.75) is 32.4 Å². The maximum absolute atomic E-state index is 13.1. The molecular weight excluding hydrogens is 459 g/mol. The highest BCUT2D eigenvalue weighted by atomic mass is 35.5. The number of halogens is 4. The minimum absolute atomic E-state index is 0.0104. The van der Waals surface area contributed by atoms with Gasteiger partial charge < -0.3 is 20.5 Å². The molecule has 2 aromatic rings. The summed E-state index contributed by atoms with van der Waals surface area (Å²) in [4.78, 5) is 17.4. The number of anilines is 1. The number of nitrogens with two attached hydrogens (primary N) is 1. The van der Waals surface area contributed by atoms with Gasteiger partial charge in [-0.15, -0.1) is 0 Å². The minimum Gasteiger partial charge on any atom is -0.383 e. The lowest BCUT2D eigenvalue weighted by molar-refractivity contribution is -0.0878. The summed E-state index contributed by atoms with van der Waals surface area (Å²) in [6, 6.07) is 2.36. The number of allylic oxidation sites excluding steroid dienone is 2. The van der Waals surface area contributed by atoms with Gasteiger partial charge in [-0.1, -0.05) is 36.9 Å². The average molecular weight is 482 g/mol. The van der Waals surface area contributed by atoms with Crippen molar-refractivity contribution in [3.63, 3.8) is 0 Å². The number of rotatable bonds is 8. The second-order valence-electron chi connectivity index (χ2n) is 7.41. The Balaban J connectivity index is 1.88. The van der Waals surface area contributed by atoms with Gasteiger partial charge in [0.15, 0.2) is 0 Å². The van der Waals surface area contributed by atoms with Crippen molar-refractivity contribution in [1.29, 1.82) is 0 Å². The highest BCUT2D eigenvalue weighted by molar-refractivity contribution is 6.34. The zero-order valence-electron chi connectivity index (χ0n) is 17.9. The van der Waals surface area contributed by atoms with E-state index >= 15 is 0 Å². The van der Waals surface area contributed by atoms with Crippen molar-refractivity contribution in [3.8, 4) is 0 Å². The summed E-state index contributed by atoms with van der Waals surface area (Å²) in [5.74, 6) is -0.191. The fourth-order valence-electron chi connectivity index (χ4n) is 3.30. The highest BCUT2D eigenvalue weighted by Crippen LogP contribution is 2.34. The van der Waals surface area contributed by atoms with Crippen molar-refractivity contribution in [2.24, 2.45) is 0 Å². The molecule has 1 aromatic heterocycles. The van der Waals surface area contributed by atoms with Crippen LogP contribution >= 0.6 is 11.6 Å². The van der Waals surface area contributed by atoms with Crippen molar-refractivity contribution < 1.29 is 27.4 Å². The quantitative estimate of drug-likeness (QED) is 0.525. The van der Waals surface area contributed by atoms with Gasteiger partial charge in [-0.25, -0.2) is 4.98 Å². The average Bonchev–Trinajstić information content (AvgIpc) is 3.24. The first-order valence-electron chi connectivity index (χ1n) is 10.0. The third kappa shape index (κ3) is 5.55. The Hall–Kier alpha value is -2.88. The van der Waals surface area contributed by atoms with Gasteiger partial charge in [0.25, 0.3) is 5.91 Å². The van der Waals surface area contributed by atoms with E-state index in [1.807, 2.05) is 0 Å². The lowest BCUT2D eigenvalue weighted by atomic mass is 10.0. The predicted molar refractivity (Wildman–Crippen MR) is 121 cm³/mol. The van der Waals surface area contributed by atoms with Crippen LogP contribution in [0.25, 0.3) is 10.9 Å². The van der Waals surface area contributed by atoms with Crippen LogP contribution < -0.4 is 11.1 Å². The van der Waals surface area contributed by atoms with Crippen LogP contribution in [0.4, 0.5) is 19.0 Å². The second-order valence-corrected chi connectivity index (χ2v) is 7.82. The maximum atomic E-state index is 13.1. The number of carbonyl (C=O) groups excluding carboxylic acids is 1. The van der Waals surface area contributed by atoms with Crippen LogP contribution in [0.15, 0.2) is 48.6 Å². The molecule has 0 fully saturated rings. The fourth-order valence-corrected chi connectivity index (χ4v) is 3.54. The standard InChI is InChI=1S/C23H23ClF3N3O3/c1-4-32-11-20(12(2)5-6-13(3)23(25,26)27)30-22(31)15-7-14-16-9-33-10-17(16)21(28)29-19(14)8-18(15)24/h5-8,20H,2-4,9-11H2,1H3,(H2,28,29)(H,30,31)/b6-5-/t20-/m1/s1. The van der Waals surface area contributed by atoms with Crippen LogP contribution in [0, 0.1) is 0 Å². The summed E-state index contributed by atoms with van der Waals surface area (Å²) in [5, 5.41) is 3.56. The number of alkyl halides is 3. The number of nitrogen functional groups attached to an aromatic ring is 1. The fraction of sp³-hybridized carbons (Fsp3) is 0.304. The molecule has 0 radical (unpaired) electrons. The Kier molecular flexibility index (Phi) is 7.46. The van der Waals surface area contributed by atoms with Crippen LogP contribution in [0.2, 0.25) is 5.02 Å². The van der Waals surface area contributed by atoms with Crippen molar-refractivity contribution in [2.75, 3.05) is 18.9 Å². The van der Waals surface area contributed by atoms with E-state index in [0.717, 1.165) is 23.3 Å². The Labute approximate surface area is 193 Å². The minimum atomic E-state index is -4.56. The molecule has 0 unspecified atom stereocenters. The summed E-state index contributed by atoms with van der Waals surface area (Å²) in [6.07, 6.45) is -2.61. The van der Waals surface area contributed by atoms with Crippen LogP contribution in [0.1, 0.15) is 28.4 Å². The van der Waals surface area contributed by atoms with Gasteiger partial charge >= 0.3 is 6.18 Å². The molecule has 33 heavy (non-hydrogen) atoms. The van der Waals surface area contributed by atoms with Gasteiger partial charge in [-0.2, -0.15) is 13.2 Å². The number of ether oxygens (including phenoxy) is 2. The van der Waals surface area contributed by atoms with Crippen molar-refractivity contribution >= 4 is 34.2 Å². The van der Waals surface area contributed by atoms with Crippen LogP contribution in [0.5, 0.6) is 0 Å². The lowest BCUT2D eigenvalue weighted by Gasteiger charge is -2.20. The van der Waals surface area contributed by atoms with E-state index in [-0.39, 0.29) is 22.8 Å². The third-order valence-electron chi connectivity index (χ3n) is 5.17. The van der Waals surface area contributed by atoms with Gasteiger partial charge in [0.05, 0.1) is 42.0 Å². The first-order valence-corrected chi connectivity index (χ1v) is 10.4. The van der Waals surface area contributed by atoms with E-state index in [4.69, 9.17) is 26.8 Å². The van der Waals surface area contributed by atoms with Crippen LogP contribution in [-0.4, -0.2) is 36.3 Å². The van der Waals surface area contributed by atoms with E-state index in [1.165, 1.54) is 0 Å². The zero-order valence-corrected chi connectivity index (χ0v) is 18.6. The number of nitrogens with zero attached hydrogens (tertiary/aromatic N) is 1. The molecule has 10 heteroatoms. The SMILES string of the molecule is C=C(/C=C\C(=C)C(F)(F)F)[C@@H](COCC)NC(=O)c1cc2c3c(c(N)nc2cc1Cl)COC3. The second kappa shape index (κ2) is 9.94. The number of hydrogen-bond donors (Lipinski definition) is 2. The molecule has 3 N–H and O–H groups in total. The molecular formula is C23H23ClF3N3O3. The normalized spacial score (nSPS) is 14.5. The zero-order chi connectivity index (χ0) is 24.3. The van der Waals surface area contributed by atoms with E-state index in [2.05, 4.69) is 23.5 Å². The molecule has 3 rings (SSSR count). The molecule has 0 saturated carbocycles. The summed E-state index contributed by atoms with van der Waals surface area (Å²) >= 11 is 6.34. The molecule has 6 nitrogen and oxygen atoms in total. The van der Waals surface area contributed by atoms with E-state index in [0.29, 0.717) is 36.5 Å². The molecule has 0 saturated heterocycles. The third-order valence-corrected chi connectivity index (χ3v) is 5.48. The first-order chi connectivity index (χ1) is 15.5. The van der Waals surface area contributed by atoms with Gasteiger partial charge in [0, 0.05) is 23.1 Å². The van der Waals surface area contributed by atoms with Crippen molar-refractivity contribution in [1.82, 2.24) is 10.3 Å². The van der Waals surface area contributed by atoms with Crippen LogP contribution in [0.3, 0.4) is 0 Å². The van der Waals surface area contributed by atoms with Gasteiger partial charge in [-0.3, -0.25) is 4.79 Å². The Morgan fingerprint density at radius 1 is 1.33 bits per heavy atom. The Morgan fingerprint density at radius 3 is 2.70 bits per heavy atom. The topological polar surface area (TPSA) is 86.5 Å². The van der Waals surface area contributed by atoms with Gasteiger partial charge in [0.2, 0.25) is 0 Å². The molecule has 2 heterocycles. The largest absolute Gasteiger partial charge is 0.415 e. The first kappa shape index (κ1) is 24.8. The van der Waals surface area contributed by atoms with Crippen molar-refractivity contribution in [3.05, 3.63) is 70.3 Å². The molecule has 1 aromatic carbocycles. The molecule has 0 aliphatic carbocycles. The Bertz CT molecular complexity index is 1150. The number of benzene rings is 1. The molecule has 176 valence electrons. The highest BCUT2D eigenvalue weighted by Gasteiger charge is 2.30. The van der Waals surface area contributed by atoms with E-state index < -0.39 is 23.7 Å². The van der Waals surface area contributed by atoms with Crippen LogP contribution in [-0.2, 0) is 22.7 Å². The molecule has 1 amide bonds. The molecule has 0 spiro atoms. The van der Waals surface area contributed by atoms with Gasteiger partial charge in [-0.05, 0) is 30.2 Å². The van der Waals surface area contributed by atoms with E-state index in [1.54, 1.807) is 19.1 Å². The smallest absolute Gasteiger partial charge is 0.383 e. The summed E-state index contributed by atoms with van der Waals surface area (Å²) in [6.45, 7) is 9.54. The number of hydrogen-bond acceptors (Lipinski definition) is 5. The number of pyridine rings is 1. The molecule has 0 bridgehead atoms. The monoisotopic (exact) mass is 481 g/mol. The number of aromatic nitrogens is 1. The number of amides is 1. The summed E-state index contributed by atoms with van der Waals surface area (Å²) in [7, 11) is 0. The summed E-state index contributed by atoms with van der Waals surface area (Å²) < 4.78 is 49.0. The number of nitrogens with one attached hydrogen (secondary N) is 1. The molecule has 1 atom stereocenters. The number of fused-ring (bicyclic) bond motifs is 3. The molecule has 1 aliphatic rings. The molecule has 1 aliphatic heterocycles.